The molecule has 2 nitrogen and oxygen atoms in total. The van der Waals surface area contributed by atoms with Crippen molar-refractivity contribution >= 4 is 6.34 Å². The van der Waals surface area contributed by atoms with Gasteiger partial charge in [0.2, 0.25) is 0 Å². The van der Waals surface area contributed by atoms with Crippen molar-refractivity contribution < 1.29 is 22.3 Å². The molecule has 66 valence electrons. The van der Waals surface area contributed by atoms with Gasteiger partial charge in [0.25, 0.3) is 0 Å². The molecule has 0 atom stereocenters. The van der Waals surface area contributed by atoms with E-state index in [1.807, 2.05) is 23.8 Å². The number of nitrogens with two attached hydrogens (primary N) is 1. The SMILES string of the molecule is C=CCC1=C(CC=C)[NH2+]C=N1.[Br-]. The average Bonchev–Trinajstić information content (AvgIpc) is 2.39. The van der Waals surface area contributed by atoms with E-state index >= 15 is 0 Å². The van der Waals surface area contributed by atoms with Gasteiger partial charge >= 0.3 is 0 Å². The standard InChI is InChI=1S/C9H12N2.BrH/c1-3-5-8-9(6-4-2)11-7-10-8;/h3-4,7H,1-2,5-6H2,(H,10,11);1H. The molecule has 1 heterocycles. The number of allylic oxidation sites excluding steroid dienone is 2. The van der Waals surface area contributed by atoms with Crippen molar-refractivity contribution in [1.29, 1.82) is 0 Å². The molecule has 0 aromatic heterocycles. The Bertz CT molecular complexity index is 229. The summed E-state index contributed by atoms with van der Waals surface area (Å²) in [5, 5.41) is 2.03. The Hall–Kier alpha value is -0.670. The van der Waals surface area contributed by atoms with Gasteiger partial charge in [-0.1, -0.05) is 12.2 Å². The summed E-state index contributed by atoms with van der Waals surface area (Å²) in [6.07, 6.45) is 7.36. The quantitative estimate of drug-likeness (QED) is 0.538. The molecule has 0 aromatic carbocycles. The summed E-state index contributed by atoms with van der Waals surface area (Å²) in [6.45, 7) is 7.35. The lowest BCUT2D eigenvalue weighted by molar-refractivity contribution is -0.472. The molecule has 0 unspecified atom stereocenters. The van der Waals surface area contributed by atoms with Crippen molar-refractivity contribution in [2.45, 2.75) is 12.8 Å². The van der Waals surface area contributed by atoms with Crippen LogP contribution in [-0.2, 0) is 0 Å². The first-order valence-electron chi connectivity index (χ1n) is 3.69. The van der Waals surface area contributed by atoms with Crippen LogP contribution in [0.3, 0.4) is 0 Å². The monoisotopic (exact) mass is 228 g/mol. The Labute approximate surface area is 83.5 Å². The van der Waals surface area contributed by atoms with Gasteiger partial charge in [-0.15, -0.1) is 13.2 Å². The Morgan fingerprint density at radius 2 is 2.00 bits per heavy atom. The molecule has 0 aliphatic carbocycles. The number of hydrogen-bond acceptors (Lipinski definition) is 1. The van der Waals surface area contributed by atoms with E-state index in [-0.39, 0.29) is 17.0 Å². The highest BCUT2D eigenvalue weighted by molar-refractivity contribution is 5.50. The van der Waals surface area contributed by atoms with E-state index in [9.17, 15) is 0 Å². The predicted molar refractivity (Wildman–Crippen MR) is 47.1 cm³/mol. The molecular formula is C9H13BrN2. The summed E-state index contributed by atoms with van der Waals surface area (Å²) in [7, 11) is 0. The Morgan fingerprint density at radius 1 is 1.33 bits per heavy atom. The summed E-state index contributed by atoms with van der Waals surface area (Å²) in [6, 6.07) is 0. The Kier molecular flexibility index (Phi) is 5.58. The molecule has 0 amide bonds. The fourth-order valence-electron chi connectivity index (χ4n) is 1.06. The Morgan fingerprint density at radius 3 is 2.58 bits per heavy atom. The minimum Gasteiger partial charge on any atom is -1.00 e. The molecule has 0 aromatic rings. The second-order valence-electron chi connectivity index (χ2n) is 2.40. The lowest BCUT2D eigenvalue weighted by Crippen LogP contribution is -3.00. The molecular weight excluding hydrogens is 216 g/mol. The maximum absolute atomic E-state index is 4.21. The van der Waals surface area contributed by atoms with Crippen LogP contribution in [0.15, 0.2) is 41.7 Å². The maximum atomic E-state index is 4.21. The van der Waals surface area contributed by atoms with Crippen molar-refractivity contribution in [2.24, 2.45) is 4.99 Å². The van der Waals surface area contributed by atoms with Crippen LogP contribution in [-0.4, -0.2) is 6.34 Å². The smallest absolute Gasteiger partial charge is 0.191 e. The van der Waals surface area contributed by atoms with Gasteiger partial charge in [-0.2, -0.15) is 0 Å². The zero-order chi connectivity index (χ0) is 8.10. The highest BCUT2D eigenvalue weighted by Crippen LogP contribution is 2.10. The van der Waals surface area contributed by atoms with Crippen LogP contribution in [0.5, 0.6) is 0 Å². The third-order valence-electron chi connectivity index (χ3n) is 1.58. The van der Waals surface area contributed by atoms with Crippen LogP contribution in [0.4, 0.5) is 0 Å². The average molecular weight is 229 g/mol. The van der Waals surface area contributed by atoms with Crippen molar-refractivity contribution in [3.8, 4) is 0 Å². The molecule has 12 heavy (non-hydrogen) atoms. The molecule has 0 saturated heterocycles. The van der Waals surface area contributed by atoms with Gasteiger partial charge in [0, 0.05) is 12.8 Å². The minimum absolute atomic E-state index is 0. The minimum atomic E-state index is 0. The summed E-state index contributed by atoms with van der Waals surface area (Å²) >= 11 is 0. The fraction of sp³-hybridized carbons (Fsp3) is 0.222. The van der Waals surface area contributed by atoms with E-state index in [4.69, 9.17) is 0 Å². The second-order valence-corrected chi connectivity index (χ2v) is 2.40. The van der Waals surface area contributed by atoms with Gasteiger partial charge in [-0.3, -0.25) is 5.32 Å². The van der Waals surface area contributed by atoms with E-state index in [0.29, 0.717) is 0 Å². The molecule has 1 aliphatic rings. The largest absolute Gasteiger partial charge is 1.00 e. The van der Waals surface area contributed by atoms with Crippen molar-refractivity contribution in [3.63, 3.8) is 0 Å². The van der Waals surface area contributed by atoms with Crippen LogP contribution in [0.1, 0.15) is 12.8 Å². The van der Waals surface area contributed by atoms with E-state index < -0.39 is 0 Å². The normalized spacial score (nSPS) is 14.3. The molecule has 0 saturated carbocycles. The zero-order valence-electron chi connectivity index (χ0n) is 6.96. The molecule has 1 rings (SSSR count). The Balaban J connectivity index is 0.00000121. The van der Waals surface area contributed by atoms with Gasteiger partial charge in [-0.25, -0.2) is 4.99 Å². The number of rotatable bonds is 4. The first-order valence-corrected chi connectivity index (χ1v) is 3.69. The number of quaternary nitrogens is 1. The van der Waals surface area contributed by atoms with Gasteiger partial charge in [-0.05, 0) is 0 Å². The maximum Gasteiger partial charge on any atom is 0.191 e. The van der Waals surface area contributed by atoms with Gasteiger partial charge < -0.3 is 17.0 Å². The van der Waals surface area contributed by atoms with Crippen molar-refractivity contribution in [1.82, 2.24) is 0 Å². The third kappa shape index (κ3) is 2.75. The lowest BCUT2D eigenvalue weighted by Gasteiger charge is -1.94. The van der Waals surface area contributed by atoms with Crippen molar-refractivity contribution in [2.75, 3.05) is 0 Å². The molecule has 1 aliphatic heterocycles. The highest BCUT2D eigenvalue weighted by atomic mass is 79.9. The van der Waals surface area contributed by atoms with Crippen LogP contribution < -0.4 is 22.3 Å². The van der Waals surface area contributed by atoms with Gasteiger partial charge in [0.15, 0.2) is 6.34 Å². The highest BCUT2D eigenvalue weighted by Gasteiger charge is 2.11. The zero-order valence-corrected chi connectivity index (χ0v) is 8.55. The molecule has 0 bridgehead atoms. The van der Waals surface area contributed by atoms with Gasteiger partial charge in [0.05, 0.1) is 0 Å². The summed E-state index contributed by atoms with van der Waals surface area (Å²) in [5.74, 6) is 0. The van der Waals surface area contributed by atoms with Crippen LogP contribution in [0, 0.1) is 0 Å². The van der Waals surface area contributed by atoms with Gasteiger partial charge in [0.1, 0.15) is 11.4 Å². The molecule has 2 N–H and O–H groups in total. The molecule has 0 spiro atoms. The van der Waals surface area contributed by atoms with E-state index in [1.54, 1.807) is 0 Å². The number of nitrogens with zero attached hydrogens (tertiary/aromatic N) is 1. The summed E-state index contributed by atoms with van der Waals surface area (Å²) in [5.41, 5.74) is 2.39. The van der Waals surface area contributed by atoms with E-state index in [2.05, 4.69) is 18.2 Å². The van der Waals surface area contributed by atoms with E-state index in [0.717, 1.165) is 18.5 Å². The van der Waals surface area contributed by atoms with Crippen LogP contribution in [0.25, 0.3) is 0 Å². The predicted octanol–water partition coefficient (Wildman–Crippen LogP) is -2.04. The first-order chi connectivity index (χ1) is 5.38. The third-order valence-corrected chi connectivity index (χ3v) is 1.58. The first kappa shape index (κ1) is 11.3. The topological polar surface area (TPSA) is 29.0 Å². The lowest BCUT2D eigenvalue weighted by atomic mass is 10.2. The van der Waals surface area contributed by atoms with E-state index in [1.165, 1.54) is 5.70 Å². The number of halogens is 1. The second kappa shape index (κ2) is 5.91. The molecule has 0 fully saturated rings. The summed E-state index contributed by atoms with van der Waals surface area (Å²) < 4.78 is 0. The molecule has 0 radical (unpaired) electrons. The number of hydrogen-bond donors (Lipinski definition) is 1. The fourth-order valence-corrected chi connectivity index (χ4v) is 1.06. The summed E-state index contributed by atoms with van der Waals surface area (Å²) in [4.78, 5) is 4.21. The molecule has 3 heteroatoms. The van der Waals surface area contributed by atoms with Crippen LogP contribution in [0.2, 0.25) is 0 Å². The van der Waals surface area contributed by atoms with Crippen molar-refractivity contribution in [3.05, 3.63) is 36.7 Å². The van der Waals surface area contributed by atoms with Crippen LogP contribution >= 0.6 is 0 Å². The number of aliphatic imine (C=N–C) groups is 1.